The molecule has 154 valence electrons. The van der Waals surface area contributed by atoms with E-state index < -0.39 is 11.2 Å². The summed E-state index contributed by atoms with van der Waals surface area (Å²) in [5, 5.41) is 0. The standard InChI is InChI=1S/C24H24N2O4/c1-24(2,3)19-13-16(26-10-9-21(28)25-23(26)29)12-18(22(19)30-4)15-5-7-17-14(11-15)6-8-20(17)27/h5,7,9-13H,6,8H2,1-4H3,(H,25,28,29). The second-order valence-corrected chi connectivity index (χ2v) is 8.60. The summed E-state index contributed by atoms with van der Waals surface area (Å²) in [6.45, 7) is 6.24. The molecule has 1 heterocycles. The molecule has 0 spiro atoms. The molecule has 1 N–H and O–H groups in total. The molecule has 1 aromatic heterocycles. The Bertz CT molecular complexity index is 1280. The third-order valence-electron chi connectivity index (χ3n) is 5.53. The maximum absolute atomic E-state index is 12.4. The quantitative estimate of drug-likeness (QED) is 0.723. The van der Waals surface area contributed by atoms with Crippen molar-refractivity contribution < 1.29 is 9.53 Å². The first-order chi connectivity index (χ1) is 14.2. The summed E-state index contributed by atoms with van der Waals surface area (Å²) in [5.74, 6) is 0.903. The van der Waals surface area contributed by atoms with Crippen molar-refractivity contribution in [2.24, 2.45) is 0 Å². The molecule has 0 aliphatic heterocycles. The molecule has 0 unspecified atom stereocenters. The van der Waals surface area contributed by atoms with E-state index in [0.717, 1.165) is 40.0 Å². The Balaban J connectivity index is 2.01. The van der Waals surface area contributed by atoms with E-state index in [-0.39, 0.29) is 11.2 Å². The molecular weight excluding hydrogens is 380 g/mol. The maximum atomic E-state index is 12.4. The number of ether oxygens (including phenoxy) is 1. The van der Waals surface area contributed by atoms with Crippen molar-refractivity contribution in [3.8, 4) is 22.6 Å². The van der Waals surface area contributed by atoms with Gasteiger partial charge < -0.3 is 4.74 Å². The van der Waals surface area contributed by atoms with Gasteiger partial charge in [0.05, 0.1) is 12.8 Å². The monoisotopic (exact) mass is 404 g/mol. The van der Waals surface area contributed by atoms with E-state index in [4.69, 9.17) is 4.74 Å². The normalized spacial score (nSPS) is 13.4. The minimum absolute atomic E-state index is 0.174. The molecule has 1 aliphatic rings. The van der Waals surface area contributed by atoms with Gasteiger partial charge in [0.1, 0.15) is 5.75 Å². The number of methoxy groups -OCH3 is 1. The van der Waals surface area contributed by atoms with Crippen molar-refractivity contribution in [2.75, 3.05) is 7.11 Å². The molecule has 3 aromatic rings. The van der Waals surface area contributed by atoms with Gasteiger partial charge in [0.2, 0.25) is 0 Å². The zero-order valence-corrected chi connectivity index (χ0v) is 17.5. The summed E-state index contributed by atoms with van der Waals surface area (Å²) < 4.78 is 7.24. The van der Waals surface area contributed by atoms with Gasteiger partial charge in [-0.3, -0.25) is 19.1 Å². The zero-order chi connectivity index (χ0) is 21.6. The molecule has 0 fully saturated rings. The number of rotatable bonds is 3. The first kappa shape index (κ1) is 19.9. The SMILES string of the molecule is COc1c(-c2ccc3c(c2)CCC3=O)cc(-n2ccc(=O)[nH]c2=O)cc1C(C)(C)C. The zero-order valence-electron chi connectivity index (χ0n) is 17.5. The van der Waals surface area contributed by atoms with Gasteiger partial charge in [-0.15, -0.1) is 0 Å². The maximum Gasteiger partial charge on any atom is 0.332 e. The van der Waals surface area contributed by atoms with Crippen molar-refractivity contribution in [3.05, 3.63) is 80.1 Å². The molecule has 0 bridgehead atoms. The van der Waals surface area contributed by atoms with Gasteiger partial charge in [-0.05, 0) is 35.1 Å². The third kappa shape index (κ3) is 3.38. The van der Waals surface area contributed by atoms with E-state index in [2.05, 4.69) is 25.8 Å². The molecule has 0 saturated carbocycles. The number of fused-ring (bicyclic) bond motifs is 1. The van der Waals surface area contributed by atoms with Crippen LogP contribution in [0.3, 0.4) is 0 Å². The lowest BCUT2D eigenvalue weighted by Crippen LogP contribution is -2.27. The highest BCUT2D eigenvalue weighted by Gasteiger charge is 2.25. The molecule has 6 heteroatoms. The van der Waals surface area contributed by atoms with Crippen LogP contribution >= 0.6 is 0 Å². The number of hydrogen-bond acceptors (Lipinski definition) is 4. The first-order valence-corrected chi connectivity index (χ1v) is 9.90. The Labute approximate surface area is 174 Å². The third-order valence-corrected chi connectivity index (χ3v) is 5.53. The Morgan fingerprint density at radius 2 is 1.73 bits per heavy atom. The smallest absolute Gasteiger partial charge is 0.332 e. The fourth-order valence-electron chi connectivity index (χ4n) is 3.99. The Morgan fingerprint density at radius 1 is 0.967 bits per heavy atom. The summed E-state index contributed by atoms with van der Waals surface area (Å²) in [4.78, 5) is 38.3. The van der Waals surface area contributed by atoms with Gasteiger partial charge in [0.15, 0.2) is 5.78 Å². The van der Waals surface area contributed by atoms with Crippen LogP contribution < -0.4 is 16.0 Å². The van der Waals surface area contributed by atoms with E-state index in [1.165, 1.54) is 16.8 Å². The van der Waals surface area contributed by atoms with E-state index in [1.54, 1.807) is 7.11 Å². The number of nitrogens with one attached hydrogen (secondary N) is 1. The minimum atomic E-state index is -0.502. The number of carbonyl (C=O) groups excluding carboxylic acids is 1. The fraction of sp³-hybridized carbons (Fsp3) is 0.292. The predicted octanol–water partition coefficient (Wildman–Crippen LogP) is 3.63. The molecule has 2 aromatic carbocycles. The summed E-state index contributed by atoms with van der Waals surface area (Å²) >= 11 is 0. The van der Waals surface area contributed by atoms with Crippen LogP contribution in [0.1, 0.15) is 48.7 Å². The van der Waals surface area contributed by atoms with Gasteiger partial charge >= 0.3 is 5.69 Å². The first-order valence-electron chi connectivity index (χ1n) is 9.90. The van der Waals surface area contributed by atoms with Crippen LogP contribution in [-0.2, 0) is 11.8 Å². The average molecular weight is 404 g/mol. The predicted molar refractivity (Wildman–Crippen MR) is 116 cm³/mol. The minimum Gasteiger partial charge on any atom is -0.496 e. The second-order valence-electron chi connectivity index (χ2n) is 8.60. The number of nitrogens with zero attached hydrogens (tertiary/aromatic N) is 1. The molecule has 0 atom stereocenters. The molecular formula is C24H24N2O4. The molecule has 6 nitrogen and oxygen atoms in total. The highest BCUT2D eigenvalue weighted by atomic mass is 16.5. The van der Waals surface area contributed by atoms with Crippen molar-refractivity contribution in [2.45, 2.75) is 39.0 Å². The van der Waals surface area contributed by atoms with Crippen molar-refractivity contribution in [1.29, 1.82) is 0 Å². The van der Waals surface area contributed by atoms with Crippen LogP contribution in [0.15, 0.2) is 52.2 Å². The van der Waals surface area contributed by atoms with Crippen LogP contribution in [0, 0.1) is 0 Å². The Kier molecular flexibility index (Phi) is 4.73. The van der Waals surface area contributed by atoms with Crippen LogP contribution in [0.5, 0.6) is 5.75 Å². The largest absolute Gasteiger partial charge is 0.496 e. The lowest BCUT2D eigenvalue weighted by molar-refractivity contribution is 0.0994. The summed E-state index contributed by atoms with van der Waals surface area (Å²) in [6, 6.07) is 10.9. The van der Waals surface area contributed by atoms with Gasteiger partial charge in [-0.2, -0.15) is 0 Å². The number of H-pyrrole nitrogens is 1. The summed E-state index contributed by atoms with van der Waals surface area (Å²) in [6.07, 6.45) is 2.74. The molecule has 4 rings (SSSR count). The molecule has 0 saturated heterocycles. The lowest BCUT2D eigenvalue weighted by Gasteiger charge is -2.26. The van der Waals surface area contributed by atoms with E-state index in [9.17, 15) is 14.4 Å². The highest BCUT2D eigenvalue weighted by Crippen LogP contribution is 2.42. The van der Waals surface area contributed by atoms with Crippen LogP contribution in [0.4, 0.5) is 0 Å². The number of ketones is 1. The van der Waals surface area contributed by atoms with Crippen molar-refractivity contribution >= 4 is 5.78 Å². The summed E-state index contributed by atoms with van der Waals surface area (Å²) in [5.41, 5.74) is 3.94. The highest BCUT2D eigenvalue weighted by molar-refractivity contribution is 6.01. The van der Waals surface area contributed by atoms with Crippen LogP contribution in [0.25, 0.3) is 16.8 Å². The molecule has 0 amide bonds. The number of benzene rings is 2. The summed E-state index contributed by atoms with van der Waals surface area (Å²) in [7, 11) is 1.64. The fourth-order valence-corrected chi connectivity index (χ4v) is 3.99. The van der Waals surface area contributed by atoms with Gasteiger partial charge in [0, 0.05) is 35.4 Å². The number of Topliss-reactive ketones (excluding diaryl/α,β-unsaturated/α-hetero) is 1. The molecule has 0 radical (unpaired) electrons. The van der Waals surface area contributed by atoms with E-state index >= 15 is 0 Å². The van der Waals surface area contributed by atoms with Gasteiger partial charge in [-0.1, -0.05) is 39.0 Å². The van der Waals surface area contributed by atoms with Crippen LogP contribution in [-0.4, -0.2) is 22.4 Å². The van der Waals surface area contributed by atoms with Gasteiger partial charge in [-0.25, -0.2) is 4.79 Å². The van der Waals surface area contributed by atoms with Crippen molar-refractivity contribution in [3.63, 3.8) is 0 Å². The molecule has 1 aliphatic carbocycles. The van der Waals surface area contributed by atoms with E-state index in [0.29, 0.717) is 12.1 Å². The Morgan fingerprint density at radius 3 is 2.40 bits per heavy atom. The number of aromatic amines is 1. The number of carbonyl (C=O) groups is 1. The Hall–Kier alpha value is -3.41. The van der Waals surface area contributed by atoms with E-state index in [1.807, 2.05) is 30.3 Å². The van der Waals surface area contributed by atoms with Crippen molar-refractivity contribution in [1.82, 2.24) is 9.55 Å². The lowest BCUT2D eigenvalue weighted by atomic mass is 9.83. The van der Waals surface area contributed by atoms with Crippen LogP contribution in [0.2, 0.25) is 0 Å². The number of aromatic nitrogens is 2. The second kappa shape index (κ2) is 7.13. The van der Waals surface area contributed by atoms with Gasteiger partial charge in [0.25, 0.3) is 5.56 Å². The number of hydrogen-bond donors (Lipinski definition) is 1. The average Bonchev–Trinajstić information content (AvgIpc) is 3.06. The topological polar surface area (TPSA) is 81.2 Å². The molecule has 30 heavy (non-hydrogen) atoms. The number of aryl methyl sites for hydroxylation is 1.